The molecule has 0 amide bonds. The number of aliphatic carboxylic acids is 1. The summed E-state index contributed by atoms with van der Waals surface area (Å²) < 4.78 is 64.5. The molecule has 0 aromatic carbocycles. The molecule has 0 aromatic heterocycles. The van der Waals surface area contributed by atoms with E-state index in [4.69, 9.17) is 0 Å². The van der Waals surface area contributed by atoms with Crippen molar-refractivity contribution in [2.75, 3.05) is 6.61 Å². The number of ether oxygens (including phenoxy) is 1. The lowest BCUT2D eigenvalue weighted by molar-refractivity contribution is -0.300. The second-order valence-electron chi connectivity index (χ2n) is 2.68. The van der Waals surface area contributed by atoms with Crippen LogP contribution < -0.4 is 5.11 Å². The van der Waals surface area contributed by atoms with Crippen molar-refractivity contribution in [3.05, 3.63) is 11.8 Å². The number of carboxylic acids is 1. The third-order valence-corrected chi connectivity index (χ3v) is 1.47. The first kappa shape index (κ1) is 15.3. The second-order valence-corrected chi connectivity index (χ2v) is 2.68. The highest BCUT2D eigenvalue weighted by Gasteiger charge is 2.63. The molecule has 0 rings (SSSR count). The van der Waals surface area contributed by atoms with Crippen molar-refractivity contribution in [3.63, 3.8) is 0 Å². The van der Waals surface area contributed by atoms with Gasteiger partial charge in [0.15, 0.2) is 0 Å². The van der Waals surface area contributed by atoms with Crippen molar-refractivity contribution < 1.29 is 41.4 Å². The minimum Gasteiger partial charge on any atom is -0.545 e. The summed E-state index contributed by atoms with van der Waals surface area (Å²) in [5.74, 6) is -11.2. The summed E-state index contributed by atoms with van der Waals surface area (Å²) in [6, 6.07) is 0. The zero-order chi connectivity index (χ0) is 13.9. The van der Waals surface area contributed by atoms with Crippen molar-refractivity contribution >= 4 is 11.8 Å². The van der Waals surface area contributed by atoms with Gasteiger partial charge >= 0.3 is 12.1 Å². The topological polar surface area (TPSA) is 66.4 Å². The van der Waals surface area contributed by atoms with Gasteiger partial charge in [-0.1, -0.05) is 0 Å². The fourth-order valence-electron chi connectivity index (χ4n) is 0.659. The number of ketones is 1. The molecule has 9 heteroatoms. The van der Waals surface area contributed by atoms with Gasteiger partial charge in [-0.05, 0) is 6.92 Å². The maximum absolute atomic E-state index is 12.5. The SMILES string of the molecule is CCOC=C(C(=O)[O-])C(=O)C(F)(F)C(F)(F)F. The van der Waals surface area contributed by atoms with Crippen LogP contribution in [-0.2, 0) is 14.3 Å². The molecular weight excluding hydrogens is 255 g/mol. The number of hydrogen-bond acceptors (Lipinski definition) is 4. The van der Waals surface area contributed by atoms with Crippen molar-refractivity contribution in [2.24, 2.45) is 0 Å². The molecule has 17 heavy (non-hydrogen) atoms. The van der Waals surface area contributed by atoms with E-state index in [-0.39, 0.29) is 12.9 Å². The Morgan fingerprint density at radius 2 is 1.71 bits per heavy atom. The van der Waals surface area contributed by atoms with E-state index in [0.717, 1.165) is 0 Å². The predicted molar refractivity (Wildman–Crippen MR) is 40.7 cm³/mol. The molecule has 98 valence electrons. The lowest BCUT2D eigenvalue weighted by atomic mass is 10.1. The van der Waals surface area contributed by atoms with Crippen LogP contribution in [0.25, 0.3) is 0 Å². The van der Waals surface area contributed by atoms with Gasteiger partial charge in [-0.3, -0.25) is 4.79 Å². The van der Waals surface area contributed by atoms with Gasteiger partial charge in [-0.15, -0.1) is 0 Å². The first-order valence-electron chi connectivity index (χ1n) is 4.08. The molecule has 0 heterocycles. The Labute approximate surface area is 91.7 Å². The highest BCUT2D eigenvalue weighted by molar-refractivity contribution is 6.18. The molecule has 0 saturated carbocycles. The molecule has 0 saturated heterocycles. The summed E-state index contributed by atoms with van der Waals surface area (Å²) in [5.41, 5.74) is -1.88. The number of Topliss-reactive ketones (excluding diaryl/α,β-unsaturated/α-hetero) is 1. The van der Waals surface area contributed by atoms with E-state index in [1.807, 2.05) is 0 Å². The number of carboxylic acid groups (broad SMARTS) is 1. The third kappa shape index (κ3) is 3.40. The summed E-state index contributed by atoms with van der Waals surface area (Å²) in [4.78, 5) is 21.0. The normalized spacial score (nSPS) is 13.4. The van der Waals surface area contributed by atoms with Gasteiger partial charge < -0.3 is 14.6 Å². The molecule has 0 aliphatic carbocycles. The number of carbonyl (C=O) groups excluding carboxylic acids is 2. The number of carbonyl (C=O) groups is 2. The lowest BCUT2D eigenvalue weighted by Gasteiger charge is -2.19. The van der Waals surface area contributed by atoms with E-state index >= 15 is 0 Å². The Balaban J connectivity index is 5.32. The first-order chi connectivity index (χ1) is 7.55. The highest BCUT2D eigenvalue weighted by Crippen LogP contribution is 2.37. The minimum absolute atomic E-state index is 0.00266. The zero-order valence-corrected chi connectivity index (χ0v) is 8.31. The Bertz CT molecular complexity index is 344. The van der Waals surface area contributed by atoms with E-state index < -0.39 is 29.4 Å². The average Bonchev–Trinajstić information content (AvgIpc) is 2.15. The monoisotopic (exact) mass is 261 g/mol. The van der Waals surface area contributed by atoms with E-state index in [2.05, 4.69) is 4.74 Å². The van der Waals surface area contributed by atoms with Gasteiger partial charge in [-0.2, -0.15) is 22.0 Å². The summed E-state index contributed by atoms with van der Waals surface area (Å²) in [6.07, 6.45) is -6.19. The summed E-state index contributed by atoms with van der Waals surface area (Å²) in [6.45, 7) is 1.08. The van der Waals surface area contributed by atoms with Gasteiger partial charge in [0, 0.05) is 0 Å². The van der Waals surface area contributed by atoms with Gasteiger partial charge in [0.1, 0.15) is 0 Å². The summed E-state index contributed by atoms with van der Waals surface area (Å²) in [7, 11) is 0. The van der Waals surface area contributed by atoms with Gasteiger partial charge in [0.25, 0.3) is 0 Å². The molecule has 0 fully saturated rings. The van der Waals surface area contributed by atoms with Crippen LogP contribution in [0.2, 0.25) is 0 Å². The Morgan fingerprint density at radius 3 is 2.00 bits per heavy atom. The Kier molecular flexibility index (Phi) is 4.60. The zero-order valence-electron chi connectivity index (χ0n) is 8.31. The van der Waals surface area contributed by atoms with E-state index in [1.165, 1.54) is 6.92 Å². The predicted octanol–water partition coefficient (Wildman–Crippen LogP) is 0.423. The summed E-state index contributed by atoms with van der Waals surface area (Å²) >= 11 is 0. The maximum Gasteiger partial charge on any atom is 0.461 e. The maximum atomic E-state index is 12.5. The molecule has 0 spiro atoms. The van der Waals surface area contributed by atoms with E-state index in [1.54, 1.807) is 0 Å². The molecule has 0 bridgehead atoms. The highest BCUT2D eigenvalue weighted by atomic mass is 19.4. The number of halogens is 5. The molecule has 0 aliphatic rings. The van der Waals surface area contributed by atoms with Crippen LogP contribution >= 0.6 is 0 Å². The van der Waals surface area contributed by atoms with Gasteiger partial charge in [0.2, 0.25) is 5.78 Å². The molecule has 0 unspecified atom stereocenters. The van der Waals surface area contributed by atoms with Crippen molar-refractivity contribution in [1.82, 2.24) is 0 Å². The third-order valence-electron chi connectivity index (χ3n) is 1.47. The number of rotatable bonds is 5. The lowest BCUT2D eigenvalue weighted by Crippen LogP contribution is -2.47. The summed E-state index contributed by atoms with van der Waals surface area (Å²) in [5, 5.41) is 10.2. The largest absolute Gasteiger partial charge is 0.545 e. The standard InChI is InChI=1S/C8H7F5O4/c1-2-17-3-4(6(15)16)5(14)7(9,10)8(11,12)13/h3H,2H2,1H3,(H,15,16)/p-1. The molecule has 0 atom stereocenters. The molecule has 0 aromatic rings. The van der Waals surface area contributed by atoms with E-state index in [9.17, 15) is 36.6 Å². The first-order valence-corrected chi connectivity index (χ1v) is 4.08. The average molecular weight is 261 g/mol. The van der Waals surface area contributed by atoms with E-state index in [0.29, 0.717) is 0 Å². The van der Waals surface area contributed by atoms with Crippen LogP contribution in [0.5, 0.6) is 0 Å². The van der Waals surface area contributed by atoms with Crippen LogP contribution in [0.4, 0.5) is 22.0 Å². The smallest absolute Gasteiger partial charge is 0.461 e. The molecular formula is C8H6F5O4-. The number of alkyl halides is 5. The molecule has 0 aliphatic heterocycles. The Morgan fingerprint density at radius 1 is 1.24 bits per heavy atom. The van der Waals surface area contributed by atoms with Crippen LogP contribution in [0.1, 0.15) is 6.92 Å². The second kappa shape index (κ2) is 5.11. The van der Waals surface area contributed by atoms with Crippen LogP contribution in [0.3, 0.4) is 0 Å². The quantitative estimate of drug-likeness (QED) is 0.236. The van der Waals surface area contributed by atoms with Crippen LogP contribution in [-0.4, -0.2) is 30.5 Å². The Hall–Kier alpha value is -1.67. The van der Waals surface area contributed by atoms with Crippen molar-refractivity contribution in [2.45, 2.75) is 19.0 Å². The van der Waals surface area contributed by atoms with Gasteiger partial charge in [0.05, 0.1) is 24.4 Å². The van der Waals surface area contributed by atoms with Crippen LogP contribution in [0.15, 0.2) is 11.8 Å². The fourth-order valence-corrected chi connectivity index (χ4v) is 0.659. The molecule has 0 N–H and O–H groups in total. The number of hydrogen-bond donors (Lipinski definition) is 0. The van der Waals surface area contributed by atoms with Crippen molar-refractivity contribution in [1.29, 1.82) is 0 Å². The fraction of sp³-hybridized carbons (Fsp3) is 0.500. The molecule has 0 radical (unpaired) electrons. The minimum atomic E-state index is -6.19. The van der Waals surface area contributed by atoms with Gasteiger partial charge in [-0.25, -0.2) is 0 Å². The molecule has 4 nitrogen and oxygen atoms in total. The van der Waals surface area contributed by atoms with Crippen molar-refractivity contribution in [3.8, 4) is 0 Å². The van der Waals surface area contributed by atoms with Crippen LogP contribution in [0, 0.1) is 0 Å².